The number of amides is 3. The molecule has 3 amide bonds. The smallest absolute Gasteiger partial charge is 0.407 e. The third kappa shape index (κ3) is 11.5. The zero-order valence-electron chi connectivity index (χ0n) is 27.4. The van der Waals surface area contributed by atoms with Gasteiger partial charge in [0, 0.05) is 37.2 Å². The van der Waals surface area contributed by atoms with Crippen molar-refractivity contribution in [2.45, 2.75) is 52.4 Å². The van der Waals surface area contributed by atoms with Gasteiger partial charge in [-0.3, -0.25) is 9.59 Å². The summed E-state index contributed by atoms with van der Waals surface area (Å²) in [6, 6.07) is 30.7. The van der Waals surface area contributed by atoms with Crippen LogP contribution in [0.2, 0.25) is 0 Å². The van der Waals surface area contributed by atoms with E-state index in [0.717, 1.165) is 22.6 Å². The van der Waals surface area contributed by atoms with Crippen molar-refractivity contribution >= 4 is 17.9 Å². The molecule has 0 spiro atoms. The van der Waals surface area contributed by atoms with E-state index in [9.17, 15) is 14.4 Å². The Bertz CT molecular complexity index is 1710. The second-order valence-corrected chi connectivity index (χ2v) is 11.9. The van der Waals surface area contributed by atoms with E-state index in [4.69, 9.17) is 19.5 Å². The number of ether oxygens (including phenoxy) is 3. The van der Waals surface area contributed by atoms with Gasteiger partial charge in [-0.1, -0.05) is 42.5 Å². The number of carbonyl (C=O) groups excluding carboxylic acids is 3. The molecule has 10 nitrogen and oxygen atoms in total. The zero-order chi connectivity index (χ0) is 34.4. The van der Waals surface area contributed by atoms with Crippen molar-refractivity contribution in [3.8, 4) is 17.6 Å². The van der Waals surface area contributed by atoms with Gasteiger partial charge in [0.25, 0.3) is 11.8 Å². The summed E-state index contributed by atoms with van der Waals surface area (Å²) in [5.74, 6) is 1.00. The van der Waals surface area contributed by atoms with E-state index in [1.54, 1.807) is 63.2 Å². The van der Waals surface area contributed by atoms with E-state index in [1.807, 2.05) is 60.7 Å². The molecule has 0 aliphatic rings. The summed E-state index contributed by atoms with van der Waals surface area (Å²) in [4.78, 5) is 37.3. The van der Waals surface area contributed by atoms with Crippen molar-refractivity contribution < 1.29 is 28.6 Å². The Hall–Kier alpha value is -5.82. The SMILES string of the molecule is CC(C)(C)OC(=O)NCc1ccccc1C(=O)NCc1ccc(OCCCOc2ccc(CNC(=O)c3ccc(C#N)cc3)cc2)cc1. The molecular weight excluding hydrogens is 608 g/mol. The van der Waals surface area contributed by atoms with Gasteiger partial charge in [0.05, 0.1) is 24.8 Å². The largest absolute Gasteiger partial charge is 0.493 e. The average Bonchev–Trinajstić information content (AvgIpc) is 3.09. The maximum absolute atomic E-state index is 12.9. The molecule has 0 radical (unpaired) electrons. The van der Waals surface area contributed by atoms with Crippen LogP contribution in [-0.2, 0) is 24.4 Å². The molecule has 4 aromatic rings. The average molecular weight is 649 g/mol. The molecule has 0 saturated carbocycles. The standard InChI is InChI=1S/C38H40N4O6/c1-38(2,3)48-37(45)42-26-31-7-4-5-8-34(31)36(44)41-25-29-13-19-33(20-14-29)47-22-6-21-46-32-17-11-28(12-18-32)24-40-35(43)30-15-9-27(23-39)10-16-30/h4-5,7-20H,6,21-22,24-26H2,1-3H3,(H,40,43)(H,41,44)(H,42,45). The summed E-state index contributed by atoms with van der Waals surface area (Å²) >= 11 is 0. The van der Waals surface area contributed by atoms with E-state index in [1.165, 1.54) is 0 Å². The number of nitrogens with zero attached hydrogens (tertiary/aromatic N) is 1. The van der Waals surface area contributed by atoms with Gasteiger partial charge in [0.1, 0.15) is 17.1 Å². The van der Waals surface area contributed by atoms with Crippen LogP contribution >= 0.6 is 0 Å². The Kier molecular flexibility index (Phi) is 12.6. The molecule has 0 heterocycles. The highest BCUT2D eigenvalue weighted by molar-refractivity contribution is 5.95. The van der Waals surface area contributed by atoms with Crippen LogP contribution in [0, 0.1) is 11.3 Å². The minimum absolute atomic E-state index is 0.172. The second kappa shape index (κ2) is 17.2. The first-order chi connectivity index (χ1) is 23.1. The number of benzene rings is 4. The lowest BCUT2D eigenvalue weighted by atomic mass is 10.1. The van der Waals surface area contributed by atoms with Crippen molar-refractivity contribution in [2.75, 3.05) is 13.2 Å². The third-order valence-corrected chi connectivity index (χ3v) is 6.94. The van der Waals surface area contributed by atoms with Gasteiger partial charge in [-0.25, -0.2) is 4.79 Å². The summed E-state index contributed by atoms with van der Waals surface area (Å²) in [5.41, 5.74) is 3.43. The molecular formula is C38H40N4O6. The molecule has 248 valence electrons. The Morgan fingerprint density at radius 1 is 0.667 bits per heavy atom. The minimum Gasteiger partial charge on any atom is -0.493 e. The van der Waals surface area contributed by atoms with Crippen LogP contribution in [0.25, 0.3) is 0 Å². The third-order valence-electron chi connectivity index (χ3n) is 6.94. The highest BCUT2D eigenvalue weighted by atomic mass is 16.6. The predicted octanol–water partition coefficient (Wildman–Crippen LogP) is 6.29. The van der Waals surface area contributed by atoms with Crippen molar-refractivity contribution in [3.63, 3.8) is 0 Å². The lowest BCUT2D eigenvalue weighted by Gasteiger charge is -2.20. The molecule has 3 N–H and O–H groups in total. The van der Waals surface area contributed by atoms with Crippen LogP contribution in [0.4, 0.5) is 4.79 Å². The molecule has 0 bridgehead atoms. The van der Waals surface area contributed by atoms with Crippen molar-refractivity contribution in [2.24, 2.45) is 0 Å². The monoisotopic (exact) mass is 648 g/mol. The number of carbonyl (C=O) groups is 3. The number of nitrogens with one attached hydrogen (secondary N) is 3. The van der Waals surface area contributed by atoms with E-state index < -0.39 is 11.7 Å². The molecule has 0 aliphatic carbocycles. The summed E-state index contributed by atoms with van der Waals surface area (Å²) in [6.07, 6.45) is 0.142. The van der Waals surface area contributed by atoms with Crippen LogP contribution in [-0.4, -0.2) is 36.7 Å². The maximum atomic E-state index is 12.9. The first-order valence-electron chi connectivity index (χ1n) is 15.6. The number of nitriles is 1. The predicted molar refractivity (Wildman–Crippen MR) is 182 cm³/mol. The normalized spacial score (nSPS) is 10.7. The maximum Gasteiger partial charge on any atom is 0.407 e. The van der Waals surface area contributed by atoms with Crippen molar-refractivity contribution in [3.05, 3.63) is 130 Å². The van der Waals surface area contributed by atoms with Gasteiger partial charge in [0.2, 0.25) is 0 Å². The van der Waals surface area contributed by atoms with Crippen LogP contribution in [0.15, 0.2) is 97.1 Å². The fraction of sp³-hybridized carbons (Fsp3) is 0.263. The molecule has 0 saturated heterocycles. The minimum atomic E-state index is -0.606. The lowest BCUT2D eigenvalue weighted by Crippen LogP contribution is -2.33. The number of rotatable bonds is 14. The molecule has 10 heteroatoms. The van der Waals surface area contributed by atoms with Crippen molar-refractivity contribution in [1.29, 1.82) is 5.26 Å². The Morgan fingerprint density at radius 2 is 1.21 bits per heavy atom. The molecule has 0 aromatic heterocycles. The quantitative estimate of drug-likeness (QED) is 0.137. The lowest BCUT2D eigenvalue weighted by molar-refractivity contribution is 0.0522. The molecule has 48 heavy (non-hydrogen) atoms. The topological polar surface area (TPSA) is 139 Å². The molecule has 0 aliphatic heterocycles. The summed E-state index contributed by atoms with van der Waals surface area (Å²) in [5, 5.41) is 17.4. The van der Waals surface area contributed by atoms with Gasteiger partial charge in [-0.05, 0) is 92.1 Å². The van der Waals surface area contributed by atoms with Crippen molar-refractivity contribution in [1.82, 2.24) is 16.0 Å². The van der Waals surface area contributed by atoms with E-state index in [-0.39, 0.29) is 18.4 Å². The van der Waals surface area contributed by atoms with Gasteiger partial charge in [0.15, 0.2) is 0 Å². The first-order valence-corrected chi connectivity index (χ1v) is 15.6. The second-order valence-electron chi connectivity index (χ2n) is 11.9. The Labute approximate surface area is 281 Å². The molecule has 0 unspecified atom stereocenters. The number of alkyl carbamates (subject to hydrolysis) is 1. The van der Waals surface area contributed by atoms with Gasteiger partial charge < -0.3 is 30.2 Å². The first kappa shape index (κ1) is 35.0. The Balaban J connectivity index is 1.12. The fourth-order valence-electron chi connectivity index (χ4n) is 4.48. The fourth-order valence-corrected chi connectivity index (χ4v) is 4.48. The molecule has 0 fully saturated rings. The van der Waals surface area contributed by atoms with Crippen LogP contribution < -0.4 is 25.4 Å². The summed E-state index contributed by atoms with van der Waals surface area (Å²) < 4.78 is 16.9. The molecule has 4 rings (SSSR count). The molecule has 0 atom stereocenters. The highest BCUT2D eigenvalue weighted by Crippen LogP contribution is 2.16. The van der Waals surface area contributed by atoms with E-state index >= 15 is 0 Å². The number of hydrogen-bond donors (Lipinski definition) is 3. The summed E-state index contributed by atoms with van der Waals surface area (Å²) in [6.45, 7) is 7.22. The van der Waals surface area contributed by atoms with Crippen LogP contribution in [0.1, 0.15) is 70.2 Å². The van der Waals surface area contributed by atoms with E-state index in [0.29, 0.717) is 55.0 Å². The Morgan fingerprint density at radius 3 is 1.75 bits per heavy atom. The number of hydrogen-bond acceptors (Lipinski definition) is 7. The highest BCUT2D eigenvalue weighted by Gasteiger charge is 2.17. The summed E-state index contributed by atoms with van der Waals surface area (Å²) in [7, 11) is 0. The van der Waals surface area contributed by atoms with E-state index in [2.05, 4.69) is 16.0 Å². The van der Waals surface area contributed by atoms with Crippen LogP contribution in [0.3, 0.4) is 0 Å². The van der Waals surface area contributed by atoms with Gasteiger partial charge in [-0.15, -0.1) is 0 Å². The molecule has 4 aromatic carbocycles. The van der Waals surface area contributed by atoms with Gasteiger partial charge >= 0.3 is 6.09 Å². The zero-order valence-corrected chi connectivity index (χ0v) is 27.4. The van der Waals surface area contributed by atoms with Crippen LogP contribution in [0.5, 0.6) is 11.5 Å². The van der Waals surface area contributed by atoms with Gasteiger partial charge in [-0.2, -0.15) is 5.26 Å².